The summed E-state index contributed by atoms with van der Waals surface area (Å²) in [6, 6.07) is 10.6. The average molecular weight is 274 g/mol. The molecule has 0 saturated carbocycles. The van der Waals surface area contributed by atoms with E-state index >= 15 is 0 Å². The van der Waals surface area contributed by atoms with E-state index in [2.05, 4.69) is 36.2 Å². The van der Waals surface area contributed by atoms with Crippen LogP contribution in [0.4, 0.5) is 0 Å². The molecule has 1 amide bonds. The number of nitrogens with zero attached hydrogens (tertiary/aromatic N) is 1. The van der Waals surface area contributed by atoms with Crippen LogP contribution in [0.15, 0.2) is 30.3 Å². The zero-order valence-electron chi connectivity index (χ0n) is 12.6. The van der Waals surface area contributed by atoms with Gasteiger partial charge in [0.2, 0.25) is 5.91 Å². The second-order valence-corrected chi connectivity index (χ2v) is 5.75. The molecule has 1 heterocycles. The van der Waals surface area contributed by atoms with Gasteiger partial charge in [0.1, 0.15) is 0 Å². The smallest absolute Gasteiger partial charge is 0.227 e. The second-order valence-electron chi connectivity index (χ2n) is 5.75. The minimum atomic E-state index is 0.154. The molecule has 1 saturated heterocycles. The zero-order valence-corrected chi connectivity index (χ0v) is 12.6. The van der Waals surface area contributed by atoms with Gasteiger partial charge in [-0.05, 0) is 38.3 Å². The van der Waals surface area contributed by atoms with Crippen molar-refractivity contribution in [2.45, 2.75) is 45.7 Å². The molecule has 0 aromatic heterocycles. The molecule has 1 aliphatic rings. The number of rotatable bonds is 5. The molecule has 0 spiro atoms. The molecule has 1 unspecified atom stereocenters. The predicted octanol–water partition coefficient (Wildman–Crippen LogP) is 2.81. The lowest BCUT2D eigenvalue weighted by molar-refractivity contribution is -0.139. The summed E-state index contributed by atoms with van der Waals surface area (Å²) in [5.41, 5.74) is 1.21. The van der Waals surface area contributed by atoms with Crippen LogP contribution in [0, 0.1) is 5.92 Å². The first-order chi connectivity index (χ1) is 9.72. The summed E-state index contributed by atoms with van der Waals surface area (Å²) >= 11 is 0. The Bertz CT molecular complexity index is 412. The Balaban J connectivity index is 2.08. The van der Waals surface area contributed by atoms with E-state index in [9.17, 15) is 4.79 Å². The Hall–Kier alpha value is -1.35. The summed E-state index contributed by atoms with van der Waals surface area (Å²) in [6.45, 7) is 6.91. The minimum Gasteiger partial charge on any atom is -0.335 e. The van der Waals surface area contributed by atoms with Crippen LogP contribution >= 0.6 is 0 Å². The lowest BCUT2D eigenvalue weighted by Gasteiger charge is -2.33. The van der Waals surface area contributed by atoms with Gasteiger partial charge in [-0.2, -0.15) is 0 Å². The summed E-state index contributed by atoms with van der Waals surface area (Å²) in [7, 11) is 0. The van der Waals surface area contributed by atoms with E-state index < -0.39 is 0 Å². The second kappa shape index (κ2) is 7.44. The van der Waals surface area contributed by atoms with Crippen LogP contribution in [0.3, 0.4) is 0 Å². The van der Waals surface area contributed by atoms with Crippen molar-refractivity contribution in [3.8, 4) is 0 Å². The van der Waals surface area contributed by atoms with Gasteiger partial charge in [0.15, 0.2) is 0 Å². The summed E-state index contributed by atoms with van der Waals surface area (Å²) in [5.74, 6) is 0.469. The average Bonchev–Trinajstić information content (AvgIpc) is 2.53. The number of amides is 1. The third-order valence-electron chi connectivity index (χ3n) is 4.25. The van der Waals surface area contributed by atoms with Crippen LogP contribution in [-0.4, -0.2) is 29.9 Å². The van der Waals surface area contributed by atoms with Gasteiger partial charge in [-0.15, -0.1) is 0 Å². The van der Waals surface area contributed by atoms with Crippen LogP contribution < -0.4 is 5.32 Å². The van der Waals surface area contributed by atoms with Crippen LogP contribution in [0.1, 0.15) is 38.7 Å². The fraction of sp³-hybridized carbons (Fsp3) is 0.588. The van der Waals surface area contributed by atoms with Crippen LogP contribution in [0.25, 0.3) is 0 Å². The molecular weight excluding hydrogens is 248 g/mol. The van der Waals surface area contributed by atoms with Gasteiger partial charge in [0, 0.05) is 19.1 Å². The number of benzene rings is 1. The molecule has 1 aliphatic heterocycles. The van der Waals surface area contributed by atoms with Crippen molar-refractivity contribution in [1.29, 1.82) is 0 Å². The van der Waals surface area contributed by atoms with E-state index in [-0.39, 0.29) is 5.92 Å². The Morgan fingerprint density at radius 2 is 2.15 bits per heavy atom. The number of nitrogens with one attached hydrogen (secondary N) is 1. The fourth-order valence-corrected chi connectivity index (χ4v) is 2.75. The summed E-state index contributed by atoms with van der Waals surface area (Å²) in [4.78, 5) is 14.9. The minimum absolute atomic E-state index is 0.154. The molecule has 1 aromatic carbocycles. The normalized spacial score (nSPS) is 20.4. The SMILES string of the molecule is CCC(C)N(Cc1ccccc1)C(=O)[C@H]1CCCNC1. The maximum atomic E-state index is 12.8. The molecule has 20 heavy (non-hydrogen) atoms. The van der Waals surface area contributed by atoms with E-state index in [0.29, 0.717) is 11.9 Å². The molecule has 2 rings (SSSR count). The first-order valence-electron chi connectivity index (χ1n) is 7.77. The van der Waals surface area contributed by atoms with Crippen LogP contribution in [0.2, 0.25) is 0 Å². The molecule has 0 radical (unpaired) electrons. The number of piperidine rings is 1. The predicted molar refractivity (Wildman–Crippen MR) is 82.3 cm³/mol. The number of hydrogen-bond donors (Lipinski definition) is 1. The molecule has 1 fully saturated rings. The highest BCUT2D eigenvalue weighted by molar-refractivity contribution is 5.79. The first-order valence-corrected chi connectivity index (χ1v) is 7.77. The van der Waals surface area contributed by atoms with E-state index in [4.69, 9.17) is 0 Å². The van der Waals surface area contributed by atoms with Gasteiger partial charge >= 0.3 is 0 Å². The maximum absolute atomic E-state index is 12.8. The van der Waals surface area contributed by atoms with E-state index in [1.807, 2.05) is 18.2 Å². The van der Waals surface area contributed by atoms with Gasteiger partial charge in [-0.25, -0.2) is 0 Å². The monoisotopic (exact) mass is 274 g/mol. The van der Waals surface area contributed by atoms with Gasteiger partial charge in [0.05, 0.1) is 5.92 Å². The van der Waals surface area contributed by atoms with E-state index in [1.165, 1.54) is 5.56 Å². The zero-order chi connectivity index (χ0) is 14.4. The quantitative estimate of drug-likeness (QED) is 0.895. The van der Waals surface area contributed by atoms with Crippen molar-refractivity contribution < 1.29 is 4.79 Å². The van der Waals surface area contributed by atoms with Crippen LogP contribution in [-0.2, 0) is 11.3 Å². The molecule has 1 N–H and O–H groups in total. The molecule has 0 bridgehead atoms. The van der Waals surface area contributed by atoms with Crippen molar-refractivity contribution in [2.75, 3.05) is 13.1 Å². The van der Waals surface area contributed by atoms with Crippen LogP contribution in [0.5, 0.6) is 0 Å². The molecule has 3 nitrogen and oxygen atoms in total. The molecular formula is C17H26N2O. The molecule has 2 atom stereocenters. The highest BCUT2D eigenvalue weighted by Gasteiger charge is 2.28. The van der Waals surface area contributed by atoms with Crippen molar-refractivity contribution in [2.24, 2.45) is 5.92 Å². The lowest BCUT2D eigenvalue weighted by Crippen LogP contribution is -2.46. The third kappa shape index (κ3) is 3.83. The molecule has 1 aromatic rings. The highest BCUT2D eigenvalue weighted by atomic mass is 16.2. The van der Waals surface area contributed by atoms with Gasteiger partial charge in [-0.3, -0.25) is 4.79 Å². The van der Waals surface area contributed by atoms with Gasteiger partial charge < -0.3 is 10.2 Å². The Kier molecular flexibility index (Phi) is 5.60. The van der Waals surface area contributed by atoms with Crippen molar-refractivity contribution >= 4 is 5.91 Å². The third-order valence-corrected chi connectivity index (χ3v) is 4.25. The lowest BCUT2D eigenvalue weighted by atomic mass is 9.97. The Morgan fingerprint density at radius 1 is 1.40 bits per heavy atom. The van der Waals surface area contributed by atoms with Crippen molar-refractivity contribution in [3.63, 3.8) is 0 Å². The standard InChI is InChI=1S/C17H26N2O/c1-3-14(2)19(13-15-8-5-4-6-9-15)17(20)16-10-7-11-18-12-16/h4-6,8-9,14,16,18H,3,7,10-13H2,1-2H3/t14?,16-/m0/s1. The summed E-state index contributed by atoms with van der Waals surface area (Å²) in [5, 5.41) is 3.34. The van der Waals surface area contributed by atoms with E-state index in [0.717, 1.165) is 38.9 Å². The maximum Gasteiger partial charge on any atom is 0.227 e. The van der Waals surface area contributed by atoms with Gasteiger partial charge in [-0.1, -0.05) is 37.3 Å². The summed E-state index contributed by atoms with van der Waals surface area (Å²) < 4.78 is 0. The summed E-state index contributed by atoms with van der Waals surface area (Å²) in [6.07, 6.45) is 3.13. The highest BCUT2D eigenvalue weighted by Crippen LogP contribution is 2.19. The van der Waals surface area contributed by atoms with Crippen molar-refractivity contribution in [3.05, 3.63) is 35.9 Å². The fourth-order valence-electron chi connectivity index (χ4n) is 2.75. The number of hydrogen-bond acceptors (Lipinski definition) is 2. The largest absolute Gasteiger partial charge is 0.335 e. The molecule has 3 heteroatoms. The Morgan fingerprint density at radius 3 is 2.75 bits per heavy atom. The molecule has 0 aliphatic carbocycles. The topological polar surface area (TPSA) is 32.3 Å². The molecule has 110 valence electrons. The number of carbonyl (C=O) groups is 1. The Labute approximate surface area is 122 Å². The van der Waals surface area contributed by atoms with E-state index in [1.54, 1.807) is 0 Å². The number of carbonyl (C=O) groups excluding carboxylic acids is 1. The van der Waals surface area contributed by atoms with Gasteiger partial charge in [0.25, 0.3) is 0 Å². The van der Waals surface area contributed by atoms with Crippen molar-refractivity contribution in [1.82, 2.24) is 10.2 Å². The first kappa shape index (κ1) is 15.0.